The van der Waals surface area contributed by atoms with E-state index in [9.17, 15) is 4.79 Å². The first kappa shape index (κ1) is 17.1. The van der Waals surface area contributed by atoms with Crippen molar-refractivity contribution in [2.24, 2.45) is 5.10 Å². The molecule has 1 amide bonds. The van der Waals surface area contributed by atoms with Crippen LogP contribution in [0.25, 0.3) is 10.9 Å². The molecule has 1 aliphatic rings. The number of aromatic nitrogens is 1. The molecule has 6 heteroatoms. The first-order chi connectivity index (χ1) is 12.6. The average molecular weight is 386 g/mol. The van der Waals surface area contributed by atoms with Crippen molar-refractivity contribution in [2.45, 2.75) is 25.7 Å². The third-order valence-electron chi connectivity index (χ3n) is 4.72. The van der Waals surface area contributed by atoms with Crippen LogP contribution in [0.1, 0.15) is 40.0 Å². The highest BCUT2D eigenvalue weighted by Crippen LogP contribution is 2.29. The van der Waals surface area contributed by atoms with E-state index in [1.54, 1.807) is 24.3 Å². The molecule has 0 radical (unpaired) electrons. The van der Waals surface area contributed by atoms with E-state index in [1.807, 2.05) is 12.1 Å². The maximum absolute atomic E-state index is 12.4. The van der Waals surface area contributed by atoms with Gasteiger partial charge in [-0.15, -0.1) is 0 Å². The standard InChI is InChI=1S/C20H17Cl2N3O/c21-16-5-3-6-17(22)15(16)11-23-25-20(26)12-8-9-19-14(10-12)13-4-1-2-7-18(13)24-19/h3,5-6,8-11,24H,1-2,4,7H2,(H,25,26)/b23-11-. The number of carbonyl (C=O) groups is 1. The monoisotopic (exact) mass is 385 g/mol. The van der Waals surface area contributed by atoms with Gasteiger partial charge in [-0.2, -0.15) is 5.10 Å². The Hall–Kier alpha value is -2.30. The van der Waals surface area contributed by atoms with Crippen LogP contribution in [0.2, 0.25) is 10.0 Å². The second-order valence-corrected chi connectivity index (χ2v) is 7.20. The summed E-state index contributed by atoms with van der Waals surface area (Å²) in [7, 11) is 0. The van der Waals surface area contributed by atoms with E-state index >= 15 is 0 Å². The summed E-state index contributed by atoms with van der Waals surface area (Å²) in [5, 5.41) is 6.09. The van der Waals surface area contributed by atoms with Crippen LogP contribution in [0, 0.1) is 0 Å². The number of nitrogens with one attached hydrogen (secondary N) is 2. The molecule has 0 spiro atoms. The molecule has 132 valence electrons. The Morgan fingerprint density at radius 2 is 1.88 bits per heavy atom. The third kappa shape index (κ3) is 3.22. The van der Waals surface area contributed by atoms with Crippen LogP contribution < -0.4 is 5.43 Å². The largest absolute Gasteiger partial charge is 0.358 e. The number of amides is 1. The number of fused-ring (bicyclic) bond motifs is 3. The molecule has 1 aromatic heterocycles. The van der Waals surface area contributed by atoms with Crippen LogP contribution in [0.5, 0.6) is 0 Å². The van der Waals surface area contributed by atoms with Crippen molar-refractivity contribution in [1.29, 1.82) is 0 Å². The third-order valence-corrected chi connectivity index (χ3v) is 5.38. The number of carbonyl (C=O) groups excluding carboxylic acids is 1. The molecule has 2 N–H and O–H groups in total. The minimum atomic E-state index is -0.267. The van der Waals surface area contributed by atoms with Crippen LogP contribution in [0.4, 0.5) is 0 Å². The fraction of sp³-hybridized carbons (Fsp3) is 0.200. The molecule has 26 heavy (non-hydrogen) atoms. The van der Waals surface area contributed by atoms with Crippen LogP contribution in [-0.2, 0) is 12.8 Å². The molecule has 1 heterocycles. The minimum Gasteiger partial charge on any atom is -0.358 e. The number of H-pyrrole nitrogens is 1. The summed E-state index contributed by atoms with van der Waals surface area (Å²) in [5.74, 6) is -0.267. The van der Waals surface area contributed by atoms with Gasteiger partial charge in [-0.3, -0.25) is 4.79 Å². The number of rotatable bonds is 3. The van der Waals surface area contributed by atoms with Gasteiger partial charge in [0.2, 0.25) is 0 Å². The lowest BCUT2D eigenvalue weighted by Crippen LogP contribution is -2.17. The van der Waals surface area contributed by atoms with E-state index in [2.05, 4.69) is 15.5 Å². The first-order valence-corrected chi connectivity index (χ1v) is 9.30. The molecule has 4 rings (SSSR count). The van der Waals surface area contributed by atoms with Gasteiger partial charge in [-0.1, -0.05) is 29.3 Å². The lowest BCUT2D eigenvalue weighted by Gasteiger charge is -2.10. The van der Waals surface area contributed by atoms with Crippen LogP contribution in [0.3, 0.4) is 0 Å². The van der Waals surface area contributed by atoms with Gasteiger partial charge in [-0.25, -0.2) is 5.43 Å². The Morgan fingerprint density at radius 3 is 2.69 bits per heavy atom. The molecule has 0 saturated heterocycles. The van der Waals surface area contributed by atoms with E-state index < -0.39 is 0 Å². The zero-order chi connectivity index (χ0) is 18.1. The molecule has 0 saturated carbocycles. The van der Waals surface area contributed by atoms with Gasteiger partial charge < -0.3 is 4.98 Å². The molecule has 0 aliphatic heterocycles. The molecule has 0 fully saturated rings. The van der Waals surface area contributed by atoms with E-state index in [0.717, 1.165) is 23.7 Å². The van der Waals surface area contributed by atoms with Crippen LogP contribution in [-0.4, -0.2) is 17.1 Å². The van der Waals surface area contributed by atoms with Crippen molar-refractivity contribution in [3.8, 4) is 0 Å². The molecule has 3 aromatic rings. The highest BCUT2D eigenvalue weighted by Gasteiger charge is 2.16. The molecular weight excluding hydrogens is 369 g/mol. The average Bonchev–Trinajstić information content (AvgIpc) is 3.02. The second-order valence-electron chi connectivity index (χ2n) is 6.38. The summed E-state index contributed by atoms with van der Waals surface area (Å²) in [4.78, 5) is 15.9. The predicted molar refractivity (Wildman–Crippen MR) is 106 cm³/mol. The summed E-state index contributed by atoms with van der Waals surface area (Å²) in [5.41, 5.74) is 7.42. The summed E-state index contributed by atoms with van der Waals surface area (Å²) in [6, 6.07) is 10.9. The lowest BCUT2D eigenvalue weighted by molar-refractivity contribution is 0.0955. The Morgan fingerprint density at radius 1 is 1.12 bits per heavy atom. The summed E-state index contributed by atoms with van der Waals surface area (Å²) >= 11 is 12.2. The molecule has 0 atom stereocenters. The molecule has 0 unspecified atom stereocenters. The Balaban J connectivity index is 1.55. The van der Waals surface area contributed by atoms with Crippen molar-refractivity contribution in [1.82, 2.24) is 10.4 Å². The van der Waals surface area contributed by atoms with Gasteiger partial charge in [0.15, 0.2) is 0 Å². The number of aryl methyl sites for hydroxylation is 2. The molecular formula is C20H17Cl2N3O. The number of halogens is 2. The zero-order valence-corrected chi connectivity index (χ0v) is 15.5. The van der Waals surface area contributed by atoms with Crippen molar-refractivity contribution in [3.63, 3.8) is 0 Å². The fourth-order valence-corrected chi connectivity index (χ4v) is 3.90. The number of hydrazone groups is 1. The maximum Gasteiger partial charge on any atom is 0.271 e. The normalized spacial score (nSPS) is 13.9. The molecule has 1 aliphatic carbocycles. The summed E-state index contributed by atoms with van der Waals surface area (Å²) < 4.78 is 0. The van der Waals surface area contributed by atoms with Crippen molar-refractivity contribution in [2.75, 3.05) is 0 Å². The topological polar surface area (TPSA) is 57.2 Å². The molecule has 4 nitrogen and oxygen atoms in total. The number of hydrogen-bond acceptors (Lipinski definition) is 2. The van der Waals surface area contributed by atoms with Gasteiger partial charge in [0, 0.05) is 27.7 Å². The van der Waals surface area contributed by atoms with Gasteiger partial charge in [0.25, 0.3) is 5.91 Å². The minimum absolute atomic E-state index is 0.267. The zero-order valence-electron chi connectivity index (χ0n) is 14.0. The highest BCUT2D eigenvalue weighted by atomic mass is 35.5. The van der Waals surface area contributed by atoms with Crippen LogP contribution in [0.15, 0.2) is 41.5 Å². The molecule has 0 bridgehead atoms. The first-order valence-electron chi connectivity index (χ1n) is 8.54. The predicted octanol–water partition coefficient (Wildman–Crippen LogP) is 5.12. The van der Waals surface area contributed by atoms with Gasteiger partial charge in [0.1, 0.15) is 0 Å². The number of benzene rings is 2. The van der Waals surface area contributed by atoms with Crippen LogP contribution >= 0.6 is 23.2 Å². The Bertz CT molecular complexity index is 1000. The number of nitrogens with zero attached hydrogens (tertiary/aromatic N) is 1. The van der Waals surface area contributed by atoms with E-state index in [4.69, 9.17) is 23.2 Å². The molecule has 2 aromatic carbocycles. The quantitative estimate of drug-likeness (QED) is 0.477. The second kappa shape index (κ2) is 7.14. The van der Waals surface area contributed by atoms with E-state index in [-0.39, 0.29) is 5.91 Å². The van der Waals surface area contributed by atoms with Crippen molar-refractivity contribution in [3.05, 3.63) is 68.8 Å². The summed E-state index contributed by atoms with van der Waals surface area (Å²) in [6.07, 6.45) is 6.00. The van der Waals surface area contributed by atoms with E-state index in [0.29, 0.717) is 21.2 Å². The lowest BCUT2D eigenvalue weighted by atomic mass is 9.95. The smallest absolute Gasteiger partial charge is 0.271 e. The highest BCUT2D eigenvalue weighted by molar-refractivity contribution is 6.38. The van der Waals surface area contributed by atoms with E-state index in [1.165, 1.54) is 30.3 Å². The Kier molecular flexibility index (Phi) is 4.70. The SMILES string of the molecule is O=C(N/N=C\c1c(Cl)cccc1Cl)c1ccc2[nH]c3c(c2c1)CCCC3. The van der Waals surface area contributed by atoms with Gasteiger partial charge in [-0.05, 0) is 61.6 Å². The number of hydrogen-bond donors (Lipinski definition) is 2. The summed E-state index contributed by atoms with van der Waals surface area (Å²) in [6.45, 7) is 0. The maximum atomic E-state index is 12.4. The van der Waals surface area contributed by atoms with Crippen molar-refractivity contribution < 1.29 is 4.79 Å². The number of aromatic amines is 1. The Labute approximate surface area is 161 Å². The van der Waals surface area contributed by atoms with Gasteiger partial charge in [0.05, 0.1) is 16.3 Å². The van der Waals surface area contributed by atoms with Crippen molar-refractivity contribution >= 4 is 46.2 Å². The van der Waals surface area contributed by atoms with Gasteiger partial charge >= 0.3 is 0 Å². The fourth-order valence-electron chi connectivity index (χ4n) is 3.40.